The fourth-order valence-corrected chi connectivity index (χ4v) is 3.97. The van der Waals surface area contributed by atoms with E-state index < -0.39 is 47.8 Å². The van der Waals surface area contributed by atoms with Crippen LogP contribution < -0.4 is 16.0 Å². The van der Waals surface area contributed by atoms with Crippen molar-refractivity contribution in [1.29, 1.82) is 0 Å². The first kappa shape index (κ1) is 17.0. The van der Waals surface area contributed by atoms with E-state index in [9.17, 15) is 24.0 Å². The lowest BCUT2D eigenvalue weighted by Gasteiger charge is -2.24. The molecule has 27 heavy (non-hydrogen) atoms. The van der Waals surface area contributed by atoms with Crippen molar-refractivity contribution in [3.8, 4) is 0 Å². The summed E-state index contributed by atoms with van der Waals surface area (Å²) in [5, 5.41) is 16.3. The summed E-state index contributed by atoms with van der Waals surface area (Å²) in [5.41, 5.74) is 0.854. The zero-order chi connectivity index (χ0) is 19.3. The van der Waals surface area contributed by atoms with Gasteiger partial charge < -0.3 is 15.7 Å². The van der Waals surface area contributed by atoms with Crippen LogP contribution >= 0.6 is 0 Å². The van der Waals surface area contributed by atoms with Gasteiger partial charge in [0.05, 0.1) is 5.92 Å². The molecule has 2 fully saturated rings. The number of nitrogens with one attached hydrogen (secondary N) is 3. The van der Waals surface area contributed by atoms with Crippen molar-refractivity contribution >= 4 is 29.8 Å². The lowest BCUT2D eigenvalue weighted by molar-refractivity contribution is -0.142. The zero-order valence-corrected chi connectivity index (χ0v) is 14.1. The van der Waals surface area contributed by atoms with Gasteiger partial charge in [-0.25, -0.2) is 9.59 Å². The molecule has 0 bridgehead atoms. The molecule has 2 aliphatic heterocycles. The highest BCUT2D eigenvalue weighted by molar-refractivity contribution is 6.09. The largest absolute Gasteiger partial charge is 0.480 e. The molecule has 10 nitrogen and oxygen atoms in total. The van der Waals surface area contributed by atoms with E-state index in [-0.39, 0.29) is 6.54 Å². The monoisotopic (exact) mass is 372 g/mol. The Labute approximate surface area is 152 Å². The molecule has 1 spiro atoms. The second-order valence-electron chi connectivity index (χ2n) is 6.79. The summed E-state index contributed by atoms with van der Waals surface area (Å²) in [6, 6.07) is 3.91. The fourth-order valence-electron chi connectivity index (χ4n) is 3.97. The van der Waals surface area contributed by atoms with Crippen LogP contribution in [0.3, 0.4) is 0 Å². The third-order valence-corrected chi connectivity index (χ3v) is 5.25. The molecule has 140 valence electrons. The minimum Gasteiger partial charge on any atom is -0.480 e. The maximum atomic E-state index is 12.8. The molecule has 1 aromatic carbocycles. The van der Waals surface area contributed by atoms with Gasteiger partial charge in [-0.15, -0.1) is 0 Å². The summed E-state index contributed by atoms with van der Waals surface area (Å²) < 4.78 is 0. The third kappa shape index (κ3) is 2.52. The summed E-state index contributed by atoms with van der Waals surface area (Å²) in [4.78, 5) is 59.8. The van der Waals surface area contributed by atoms with Gasteiger partial charge >= 0.3 is 18.0 Å². The molecule has 2 atom stereocenters. The van der Waals surface area contributed by atoms with Gasteiger partial charge in [-0.05, 0) is 29.5 Å². The van der Waals surface area contributed by atoms with Gasteiger partial charge in [-0.1, -0.05) is 18.2 Å². The third-order valence-electron chi connectivity index (χ3n) is 5.25. The molecule has 0 radical (unpaired) electrons. The van der Waals surface area contributed by atoms with Crippen LogP contribution in [0.2, 0.25) is 0 Å². The topological polar surface area (TPSA) is 145 Å². The van der Waals surface area contributed by atoms with Crippen molar-refractivity contribution < 1.29 is 29.1 Å². The van der Waals surface area contributed by atoms with E-state index >= 15 is 0 Å². The van der Waals surface area contributed by atoms with Crippen molar-refractivity contribution in [2.75, 3.05) is 13.1 Å². The van der Waals surface area contributed by atoms with E-state index in [1.807, 2.05) is 0 Å². The van der Waals surface area contributed by atoms with Crippen molar-refractivity contribution in [3.63, 3.8) is 0 Å². The van der Waals surface area contributed by atoms with Crippen molar-refractivity contribution in [2.45, 2.75) is 24.3 Å². The summed E-state index contributed by atoms with van der Waals surface area (Å²) >= 11 is 0. The first-order valence-corrected chi connectivity index (χ1v) is 8.40. The number of carbonyl (C=O) groups is 5. The Kier molecular flexibility index (Phi) is 3.65. The van der Waals surface area contributed by atoms with Gasteiger partial charge in [0.1, 0.15) is 12.1 Å². The first-order valence-electron chi connectivity index (χ1n) is 8.40. The smallest absolute Gasteiger partial charge is 0.325 e. The number of carboxylic acids is 1. The number of rotatable bonds is 3. The molecule has 0 aromatic heterocycles. The van der Waals surface area contributed by atoms with Crippen LogP contribution in [0.15, 0.2) is 18.2 Å². The Hall–Kier alpha value is -3.43. The molecule has 10 heteroatoms. The number of benzene rings is 1. The number of nitrogens with zero attached hydrogens (tertiary/aromatic N) is 1. The van der Waals surface area contributed by atoms with Crippen LogP contribution in [0.4, 0.5) is 9.59 Å². The molecule has 3 aliphatic rings. The molecule has 2 heterocycles. The van der Waals surface area contributed by atoms with Crippen LogP contribution in [0.1, 0.15) is 29.0 Å². The standard InChI is InChI=1S/C17H16N4O6/c22-12(23)7-21-14(25)17(20-16(21)27)4-3-9-5-8(1-2-11(9)17)10-6-18-15(26)19-13(10)24/h1-2,5,10H,3-4,6-7H2,(H,20,27)(H,22,23)(H2,18,19,24,26). The number of hydrogen-bond acceptors (Lipinski definition) is 5. The molecule has 2 unspecified atom stereocenters. The second-order valence-corrected chi connectivity index (χ2v) is 6.79. The average molecular weight is 372 g/mol. The molecule has 4 N–H and O–H groups in total. The summed E-state index contributed by atoms with van der Waals surface area (Å²) in [6.07, 6.45) is 0.816. The van der Waals surface area contributed by atoms with Crippen LogP contribution in [0.5, 0.6) is 0 Å². The number of imide groups is 2. The Morgan fingerprint density at radius 3 is 2.74 bits per heavy atom. The first-order chi connectivity index (χ1) is 12.8. The number of aryl methyl sites for hydroxylation is 1. The van der Waals surface area contributed by atoms with Gasteiger partial charge in [0.15, 0.2) is 0 Å². The number of fused-ring (bicyclic) bond motifs is 2. The van der Waals surface area contributed by atoms with E-state index in [1.54, 1.807) is 18.2 Å². The van der Waals surface area contributed by atoms with Crippen molar-refractivity contribution in [1.82, 2.24) is 20.9 Å². The number of carbonyl (C=O) groups excluding carboxylic acids is 4. The number of hydrogen-bond donors (Lipinski definition) is 4. The Morgan fingerprint density at radius 2 is 2.04 bits per heavy atom. The zero-order valence-electron chi connectivity index (χ0n) is 14.1. The Bertz CT molecular complexity index is 913. The van der Waals surface area contributed by atoms with Gasteiger partial charge in [0.2, 0.25) is 5.91 Å². The SMILES string of the molecule is O=C(O)CN1C(=O)NC2(CCc3cc(C4CNC(=O)NC4=O)ccc32)C1=O. The molecular weight excluding hydrogens is 356 g/mol. The highest BCUT2D eigenvalue weighted by Crippen LogP contribution is 2.42. The quantitative estimate of drug-likeness (QED) is 0.521. The van der Waals surface area contributed by atoms with Crippen molar-refractivity contribution in [3.05, 3.63) is 34.9 Å². The van der Waals surface area contributed by atoms with E-state index in [4.69, 9.17) is 5.11 Å². The predicted octanol–water partition coefficient (Wildman–Crippen LogP) is -0.612. The highest BCUT2D eigenvalue weighted by atomic mass is 16.4. The van der Waals surface area contributed by atoms with Crippen LogP contribution in [-0.2, 0) is 26.3 Å². The molecule has 1 aromatic rings. The van der Waals surface area contributed by atoms with E-state index in [0.29, 0.717) is 28.9 Å². The Morgan fingerprint density at radius 1 is 1.26 bits per heavy atom. The predicted molar refractivity (Wildman–Crippen MR) is 88.6 cm³/mol. The minimum atomic E-state index is -1.27. The van der Waals surface area contributed by atoms with E-state index in [2.05, 4.69) is 16.0 Å². The number of aliphatic carboxylic acids is 1. The molecule has 0 saturated carbocycles. The van der Waals surface area contributed by atoms with Gasteiger partial charge in [0.25, 0.3) is 5.91 Å². The normalized spacial score (nSPS) is 26.7. The summed E-state index contributed by atoms with van der Waals surface area (Å²) in [6.45, 7) is -0.515. The summed E-state index contributed by atoms with van der Waals surface area (Å²) in [5.74, 6) is -2.79. The number of urea groups is 2. The van der Waals surface area contributed by atoms with Gasteiger partial charge in [0, 0.05) is 6.54 Å². The maximum absolute atomic E-state index is 12.8. The highest BCUT2D eigenvalue weighted by Gasteiger charge is 2.55. The Balaban J connectivity index is 1.65. The number of carboxylic acid groups (broad SMARTS) is 1. The van der Waals surface area contributed by atoms with Crippen LogP contribution in [-0.4, -0.2) is 52.9 Å². The lowest BCUT2D eigenvalue weighted by atomic mass is 9.88. The van der Waals surface area contributed by atoms with Gasteiger partial charge in [-0.3, -0.25) is 24.6 Å². The van der Waals surface area contributed by atoms with E-state index in [1.165, 1.54) is 0 Å². The molecular formula is C17H16N4O6. The summed E-state index contributed by atoms with van der Waals surface area (Å²) in [7, 11) is 0. The van der Waals surface area contributed by atoms with Gasteiger partial charge in [-0.2, -0.15) is 0 Å². The molecule has 6 amide bonds. The number of amides is 6. The average Bonchev–Trinajstić information content (AvgIpc) is 3.08. The van der Waals surface area contributed by atoms with Crippen LogP contribution in [0.25, 0.3) is 0 Å². The van der Waals surface area contributed by atoms with E-state index in [0.717, 1.165) is 5.56 Å². The lowest BCUT2D eigenvalue weighted by Crippen LogP contribution is -2.51. The van der Waals surface area contributed by atoms with Crippen LogP contribution in [0, 0.1) is 0 Å². The maximum Gasteiger partial charge on any atom is 0.325 e. The fraction of sp³-hybridized carbons (Fsp3) is 0.353. The second kappa shape index (κ2) is 5.79. The molecule has 1 aliphatic carbocycles. The minimum absolute atomic E-state index is 0.177. The molecule has 4 rings (SSSR count). The van der Waals surface area contributed by atoms with Crippen molar-refractivity contribution in [2.24, 2.45) is 0 Å². The molecule has 2 saturated heterocycles.